The number of anilines is 1. The second-order valence-electron chi connectivity index (χ2n) is 7.13. The molecule has 0 aliphatic heterocycles. The van der Waals surface area contributed by atoms with Gasteiger partial charge < -0.3 is 10.1 Å². The molecule has 11 heteroatoms. The second-order valence-corrected chi connectivity index (χ2v) is 11.4. The number of sulfone groups is 1. The van der Waals surface area contributed by atoms with Crippen molar-refractivity contribution in [3.8, 4) is 5.75 Å². The first-order valence-corrected chi connectivity index (χ1v) is 13.3. The van der Waals surface area contributed by atoms with Crippen LogP contribution in [0.2, 0.25) is 5.02 Å². The highest BCUT2D eigenvalue weighted by Gasteiger charge is 2.30. The summed E-state index contributed by atoms with van der Waals surface area (Å²) in [5, 5.41) is 2.97. The predicted molar refractivity (Wildman–Crippen MR) is 121 cm³/mol. The monoisotopic (exact) mass is 488 g/mol. The molecule has 0 aliphatic rings. The Morgan fingerprint density at radius 2 is 1.61 bits per heavy atom. The molecule has 2 rings (SSSR count). The molecule has 2 unspecified atom stereocenters. The molecule has 1 N–H and O–H groups in total. The molecule has 0 bridgehead atoms. The Hall–Kier alpha value is -2.30. The average molecular weight is 489 g/mol. The Morgan fingerprint density at radius 3 is 2.06 bits per heavy atom. The van der Waals surface area contributed by atoms with Crippen molar-refractivity contribution in [1.29, 1.82) is 0 Å². The Labute approximate surface area is 188 Å². The average Bonchev–Trinajstić information content (AvgIpc) is 2.66. The lowest BCUT2D eigenvalue weighted by Gasteiger charge is -2.29. The highest BCUT2D eigenvalue weighted by molar-refractivity contribution is 7.92. The Bertz CT molecular complexity index is 1160. The third-order valence-electron chi connectivity index (χ3n) is 4.65. The van der Waals surface area contributed by atoms with E-state index >= 15 is 0 Å². The van der Waals surface area contributed by atoms with Crippen LogP contribution in [0.4, 0.5) is 5.69 Å². The van der Waals surface area contributed by atoms with Crippen LogP contribution >= 0.6 is 11.6 Å². The van der Waals surface area contributed by atoms with Gasteiger partial charge in [0.15, 0.2) is 9.84 Å². The number of hydrogen-bond donors (Lipinski definition) is 1. The largest absolute Gasteiger partial charge is 0.495 e. The van der Waals surface area contributed by atoms with E-state index in [4.69, 9.17) is 16.3 Å². The van der Waals surface area contributed by atoms with Gasteiger partial charge in [0.05, 0.1) is 35.0 Å². The molecule has 0 fully saturated rings. The lowest BCUT2D eigenvalue weighted by molar-refractivity contribution is -0.122. The van der Waals surface area contributed by atoms with Gasteiger partial charge in [-0.05, 0) is 49.7 Å². The summed E-state index contributed by atoms with van der Waals surface area (Å²) in [5.41, 5.74) is 0.896. The fourth-order valence-corrected chi connectivity index (χ4v) is 5.07. The highest BCUT2D eigenvalue weighted by Crippen LogP contribution is 2.31. The van der Waals surface area contributed by atoms with Gasteiger partial charge in [-0.3, -0.25) is 9.10 Å². The molecule has 8 nitrogen and oxygen atoms in total. The van der Waals surface area contributed by atoms with E-state index in [-0.39, 0.29) is 15.6 Å². The molecular formula is C20H25ClN2O6S2. The van der Waals surface area contributed by atoms with Crippen molar-refractivity contribution < 1.29 is 26.4 Å². The summed E-state index contributed by atoms with van der Waals surface area (Å²) < 4.78 is 54.2. The van der Waals surface area contributed by atoms with Crippen LogP contribution in [0.5, 0.6) is 5.75 Å². The Balaban J connectivity index is 2.26. The second kappa shape index (κ2) is 9.46. The van der Waals surface area contributed by atoms with Gasteiger partial charge in [-0.25, -0.2) is 16.8 Å². The van der Waals surface area contributed by atoms with Gasteiger partial charge in [-0.15, -0.1) is 0 Å². The summed E-state index contributed by atoms with van der Waals surface area (Å²) in [6, 6.07) is 9.00. The van der Waals surface area contributed by atoms with Gasteiger partial charge in [0.25, 0.3) is 0 Å². The normalized spacial score (nSPS) is 13.9. The maximum absolute atomic E-state index is 12.9. The number of hydrogen-bond acceptors (Lipinski definition) is 6. The first kappa shape index (κ1) is 25.0. The van der Waals surface area contributed by atoms with Crippen LogP contribution in [0.1, 0.15) is 25.5 Å². The van der Waals surface area contributed by atoms with E-state index < -0.39 is 37.9 Å². The van der Waals surface area contributed by atoms with E-state index in [1.54, 1.807) is 19.1 Å². The van der Waals surface area contributed by atoms with E-state index in [1.165, 1.54) is 44.4 Å². The number of methoxy groups -OCH3 is 1. The van der Waals surface area contributed by atoms with E-state index in [2.05, 4.69) is 5.32 Å². The summed E-state index contributed by atoms with van der Waals surface area (Å²) in [4.78, 5) is 13.0. The van der Waals surface area contributed by atoms with Crippen LogP contribution in [-0.2, 0) is 24.7 Å². The van der Waals surface area contributed by atoms with Crippen LogP contribution in [0.25, 0.3) is 0 Å². The molecular weight excluding hydrogens is 464 g/mol. The lowest BCUT2D eigenvalue weighted by atomic mass is 10.1. The Morgan fingerprint density at radius 1 is 1.03 bits per heavy atom. The summed E-state index contributed by atoms with van der Waals surface area (Å²) in [5.74, 6) is -0.154. The predicted octanol–water partition coefficient (Wildman–Crippen LogP) is 2.78. The number of ether oxygens (including phenoxy) is 1. The summed E-state index contributed by atoms with van der Waals surface area (Å²) in [6.07, 6.45) is 2.11. The summed E-state index contributed by atoms with van der Waals surface area (Å²) >= 11 is 6.13. The van der Waals surface area contributed by atoms with E-state index in [0.717, 1.165) is 16.8 Å². The minimum absolute atomic E-state index is 0.169. The number of nitrogens with zero attached hydrogens (tertiary/aromatic N) is 1. The van der Waals surface area contributed by atoms with Crippen LogP contribution in [0.3, 0.4) is 0 Å². The molecule has 31 heavy (non-hydrogen) atoms. The number of nitrogens with one attached hydrogen (secondary N) is 1. The van der Waals surface area contributed by atoms with Gasteiger partial charge in [0.2, 0.25) is 15.9 Å². The zero-order valence-corrected chi connectivity index (χ0v) is 20.2. The van der Waals surface area contributed by atoms with E-state index in [9.17, 15) is 21.6 Å². The minimum atomic E-state index is -3.81. The van der Waals surface area contributed by atoms with Crippen molar-refractivity contribution >= 4 is 43.1 Å². The molecule has 2 aromatic carbocycles. The lowest BCUT2D eigenvalue weighted by Crippen LogP contribution is -2.48. The summed E-state index contributed by atoms with van der Waals surface area (Å²) in [7, 11) is -5.70. The fraction of sp³-hybridized carbons (Fsp3) is 0.350. The van der Waals surface area contributed by atoms with Crippen molar-refractivity contribution in [3.05, 3.63) is 53.1 Å². The van der Waals surface area contributed by atoms with Gasteiger partial charge in [-0.2, -0.15) is 0 Å². The molecule has 0 radical (unpaired) electrons. The first-order valence-electron chi connectivity index (χ1n) is 9.19. The number of rotatable bonds is 8. The van der Waals surface area contributed by atoms with E-state index in [1.807, 2.05) is 0 Å². The van der Waals surface area contributed by atoms with Crippen molar-refractivity contribution in [2.75, 3.05) is 23.9 Å². The molecule has 1 amide bonds. The third-order valence-corrected chi connectivity index (χ3v) is 7.31. The maximum atomic E-state index is 12.9. The zero-order chi connectivity index (χ0) is 23.6. The third kappa shape index (κ3) is 6.11. The molecule has 170 valence electrons. The molecule has 0 saturated carbocycles. The van der Waals surface area contributed by atoms with Gasteiger partial charge in [0, 0.05) is 6.26 Å². The molecule has 0 aromatic heterocycles. The molecule has 2 aromatic rings. The van der Waals surface area contributed by atoms with Crippen LogP contribution in [-0.4, -0.2) is 48.4 Å². The van der Waals surface area contributed by atoms with Crippen molar-refractivity contribution in [2.24, 2.45) is 0 Å². The van der Waals surface area contributed by atoms with Crippen LogP contribution in [0.15, 0.2) is 47.4 Å². The first-order chi connectivity index (χ1) is 14.3. The van der Waals surface area contributed by atoms with Crippen LogP contribution in [0, 0.1) is 0 Å². The number of benzene rings is 2. The van der Waals surface area contributed by atoms with Crippen LogP contribution < -0.4 is 14.4 Å². The van der Waals surface area contributed by atoms with Crippen molar-refractivity contribution in [2.45, 2.75) is 30.8 Å². The van der Waals surface area contributed by atoms with Crippen molar-refractivity contribution in [3.63, 3.8) is 0 Å². The van der Waals surface area contributed by atoms with Gasteiger partial charge >= 0.3 is 0 Å². The van der Waals surface area contributed by atoms with Crippen molar-refractivity contribution in [1.82, 2.24) is 5.32 Å². The molecule has 0 saturated heterocycles. The molecule has 0 spiro atoms. The number of halogens is 1. The molecule has 2 atom stereocenters. The quantitative estimate of drug-likeness (QED) is 0.611. The maximum Gasteiger partial charge on any atom is 0.244 e. The summed E-state index contributed by atoms with van der Waals surface area (Å²) in [6.45, 7) is 3.18. The van der Waals surface area contributed by atoms with E-state index in [0.29, 0.717) is 11.3 Å². The number of sulfonamides is 1. The number of carbonyl (C=O) groups is 1. The molecule has 0 heterocycles. The minimum Gasteiger partial charge on any atom is -0.495 e. The topological polar surface area (TPSA) is 110 Å². The molecule has 0 aliphatic carbocycles. The SMILES string of the molecule is COc1ccc(N(C(C)C(=O)NC(C)c2ccc(S(C)(=O)=O)cc2)S(C)(=O)=O)cc1Cl. The standard InChI is InChI=1S/C20H25ClN2O6S2/c1-13(15-6-9-17(10-7-15)30(4,25)26)22-20(24)14(2)23(31(5,27)28)16-8-11-19(29-3)18(21)12-16/h6-14H,1-5H3,(H,22,24). The highest BCUT2D eigenvalue weighted by atomic mass is 35.5. The Kier molecular flexibility index (Phi) is 7.61. The van der Waals surface area contributed by atoms with Gasteiger partial charge in [0.1, 0.15) is 11.8 Å². The zero-order valence-electron chi connectivity index (χ0n) is 17.8. The smallest absolute Gasteiger partial charge is 0.244 e. The van der Waals surface area contributed by atoms with Gasteiger partial charge in [-0.1, -0.05) is 23.7 Å². The fourth-order valence-electron chi connectivity index (χ4n) is 3.02. The number of carbonyl (C=O) groups excluding carboxylic acids is 1. The number of amides is 1.